The number of anilines is 2. The Balaban J connectivity index is 1.92. The van der Waals surface area contributed by atoms with Gasteiger partial charge >= 0.3 is 0 Å². The van der Waals surface area contributed by atoms with Crippen LogP contribution in [0.1, 0.15) is 17.5 Å². The van der Waals surface area contributed by atoms with Crippen LogP contribution >= 0.6 is 22.9 Å². The van der Waals surface area contributed by atoms with Crippen LogP contribution in [0.4, 0.5) is 11.4 Å². The van der Waals surface area contributed by atoms with Gasteiger partial charge in [-0.3, -0.25) is 0 Å². The molecule has 0 fully saturated rings. The van der Waals surface area contributed by atoms with Gasteiger partial charge in [-0.2, -0.15) is 0 Å². The van der Waals surface area contributed by atoms with Gasteiger partial charge in [0.1, 0.15) is 0 Å². The lowest BCUT2D eigenvalue weighted by Gasteiger charge is -2.32. The highest BCUT2D eigenvalue weighted by Crippen LogP contribution is 2.33. The molecule has 4 heteroatoms. The van der Waals surface area contributed by atoms with Crippen LogP contribution in [0.3, 0.4) is 0 Å². The van der Waals surface area contributed by atoms with Crippen molar-refractivity contribution in [2.75, 3.05) is 17.2 Å². The van der Waals surface area contributed by atoms with E-state index in [1.165, 1.54) is 16.8 Å². The summed E-state index contributed by atoms with van der Waals surface area (Å²) < 4.78 is 0.894. The molecule has 18 heavy (non-hydrogen) atoms. The van der Waals surface area contributed by atoms with Gasteiger partial charge in [-0.05, 0) is 42.0 Å². The molecule has 2 heterocycles. The topological polar surface area (TPSA) is 29.3 Å². The number of hydrogen-bond acceptors (Lipinski definition) is 3. The van der Waals surface area contributed by atoms with Crippen molar-refractivity contribution in [2.45, 2.75) is 19.4 Å². The van der Waals surface area contributed by atoms with Crippen LogP contribution < -0.4 is 10.6 Å². The van der Waals surface area contributed by atoms with Crippen molar-refractivity contribution >= 4 is 34.3 Å². The zero-order valence-corrected chi connectivity index (χ0v) is 11.6. The van der Waals surface area contributed by atoms with Crippen LogP contribution in [-0.4, -0.2) is 6.54 Å². The minimum atomic E-state index is 0.874. The minimum absolute atomic E-state index is 0.874. The van der Waals surface area contributed by atoms with Crippen LogP contribution in [0.2, 0.25) is 4.34 Å². The molecule has 1 aromatic heterocycles. The fraction of sp³-hybridized carbons (Fsp3) is 0.286. The Labute approximate surface area is 116 Å². The van der Waals surface area contributed by atoms with Crippen LogP contribution in [0.15, 0.2) is 29.6 Å². The third-order valence-corrected chi connectivity index (χ3v) is 4.69. The molecular formula is C14H15ClN2S. The average Bonchev–Trinajstić information content (AvgIpc) is 2.77. The maximum atomic E-state index is 6.18. The fourth-order valence-corrected chi connectivity index (χ4v) is 3.44. The highest BCUT2D eigenvalue weighted by Gasteiger charge is 2.19. The number of fused-ring (bicyclic) bond motifs is 1. The summed E-state index contributed by atoms with van der Waals surface area (Å²) in [5, 5.41) is 2.04. The van der Waals surface area contributed by atoms with E-state index in [2.05, 4.69) is 17.0 Å². The SMILES string of the molecule is Nc1cccc2c1CCCN2Cc1ccsc1Cl. The van der Waals surface area contributed by atoms with Crippen molar-refractivity contribution < 1.29 is 0 Å². The Hall–Kier alpha value is -1.19. The first kappa shape index (κ1) is 11.9. The Morgan fingerprint density at radius 3 is 3.00 bits per heavy atom. The smallest absolute Gasteiger partial charge is 0.0978 e. The number of halogens is 1. The number of benzene rings is 1. The van der Waals surface area contributed by atoms with Crippen molar-refractivity contribution in [3.63, 3.8) is 0 Å². The van der Waals surface area contributed by atoms with Crippen LogP contribution in [0, 0.1) is 0 Å². The molecule has 0 saturated carbocycles. The van der Waals surface area contributed by atoms with Crippen LogP contribution in [-0.2, 0) is 13.0 Å². The molecule has 3 rings (SSSR count). The van der Waals surface area contributed by atoms with Crippen LogP contribution in [0.25, 0.3) is 0 Å². The summed E-state index contributed by atoms with van der Waals surface area (Å²) in [7, 11) is 0. The van der Waals surface area contributed by atoms with E-state index in [1.807, 2.05) is 17.5 Å². The molecule has 0 unspecified atom stereocenters. The van der Waals surface area contributed by atoms with Crippen molar-refractivity contribution in [1.29, 1.82) is 0 Å². The number of nitrogens with two attached hydrogens (primary N) is 1. The summed E-state index contributed by atoms with van der Waals surface area (Å²) in [6.07, 6.45) is 2.23. The Kier molecular flexibility index (Phi) is 3.18. The average molecular weight is 279 g/mol. The van der Waals surface area contributed by atoms with Gasteiger partial charge in [0, 0.05) is 30.0 Å². The van der Waals surface area contributed by atoms with Gasteiger partial charge in [0.15, 0.2) is 0 Å². The summed E-state index contributed by atoms with van der Waals surface area (Å²) in [4.78, 5) is 2.38. The van der Waals surface area contributed by atoms with Gasteiger partial charge in [0.25, 0.3) is 0 Å². The van der Waals surface area contributed by atoms with Gasteiger partial charge < -0.3 is 10.6 Å². The van der Waals surface area contributed by atoms with E-state index in [9.17, 15) is 0 Å². The number of nitrogen functional groups attached to an aromatic ring is 1. The summed E-state index contributed by atoms with van der Waals surface area (Å²) in [5.41, 5.74) is 10.7. The largest absolute Gasteiger partial charge is 0.398 e. The van der Waals surface area contributed by atoms with Crippen molar-refractivity contribution in [1.82, 2.24) is 0 Å². The van der Waals surface area contributed by atoms with Gasteiger partial charge in [-0.25, -0.2) is 0 Å². The molecule has 0 aliphatic carbocycles. The normalized spacial score (nSPS) is 14.6. The molecular weight excluding hydrogens is 264 g/mol. The maximum absolute atomic E-state index is 6.18. The first-order chi connectivity index (χ1) is 8.75. The van der Waals surface area contributed by atoms with E-state index in [0.717, 1.165) is 36.0 Å². The molecule has 2 aromatic rings. The van der Waals surface area contributed by atoms with Crippen molar-refractivity contribution in [3.05, 3.63) is 45.1 Å². The molecule has 0 spiro atoms. The quantitative estimate of drug-likeness (QED) is 0.843. The number of rotatable bonds is 2. The Bertz CT molecular complexity index is 565. The highest BCUT2D eigenvalue weighted by molar-refractivity contribution is 7.14. The monoisotopic (exact) mass is 278 g/mol. The fourth-order valence-electron chi connectivity index (χ4n) is 2.53. The second-order valence-electron chi connectivity index (χ2n) is 4.59. The van der Waals surface area contributed by atoms with E-state index in [4.69, 9.17) is 17.3 Å². The van der Waals surface area contributed by atoms with E-state index in [0.29, 0.717) is 0 Å². The van der Waals surface area contributed by atoms with Crippen LogP contribution in [0.5, 0.6) is 0 Å². The molecule has 1 aliphatic rings. The molecule has 0 amide bonds. The summed E-state index contributed by atoms with van der Waals surface area (Å²) in [5.74, 6) is 0. The Morgan fingerprint density at radius 2 is 2.22 bits per heavy atom. The lowest BCUT2D eigenvalue weighted by Crippen LogP contribution is -2.29. The van der Waals surface area contributed by atoms with E-state index in [1.54, 1.807) is 11.3 Å². The number of thiophene rings is 1. The number of hydrogen-bond donors (Lipinski definition) is 1. The molecule has 0 saturated heterocycles. The van der Waals surface area contributed by atoms with Gasteiger partial charge in [0.2, 0.25) is 0 Å². The molecule has 0 atom stereocenters. The second-order valence-corrected chi connectivity index (χ2v) is 6.11. The zero-order chi connectivity index (χ0) is 12.5. The molecule has 2 nitrogen and oxygen atoms in total. The van der Waals surface area contributed by atoms with E-state index in [-0.39, 0.29) is 0 Å². The molecule has 0 bridgehead atoms. The summed E-state index contributed by atoms with van der Waals surface area (Å²) in [6.45, 7) is 1.95. The first-order valence-electron chi connectivity index (χ1n) is 6.10. The Morgan fingerprint density at radius 1 is 1.33 bits per heavy atom. The third-order valence-electron chi connectivity index (χ3n) is 3.44. The molecule has 0 radical (unpaired) electrons. The summed E-state index contributed by atoms with van der Waals surface area (Å²) in [6, 6.07) is 8.28. The molecule has 1 aromatic carbocycles. The second kappa shape index (κ2) is 4.82. The first-order valence-corrected chi connectivity index (χ1v) is 7.35. The predicted octanol–water partition coefficient (Wildman–Crippen LogP) is 3.94. The lowest BCUT2D eigenvalue weighted by molar-refractivity contribution is 0.693. The molecule has 94 valence electrons. The van der Waals surface area contributed by atoms with E-state index < -0.39 is 0 Å². The molecule has 1 aliphatic heterocycles. The zero-order valence-electron chi connectivity index (χ0n) is 10.0. The molecule has 2 N–H and O–H groups in total. The lowest BCUT2D eigenvalue weighted by atomic mass is 9.99. The number of nitrogens with zero attached hydrogens (tertiary/aromatic N) is 1. The van der Waals surface area contributed by atoms with E-state index >= 15 is 0 Å². The highest BCUT2D eigenvalue weighted by atomic mass is 35.5. The van der Waals surface area contributed by atoms with Gasteiger partial charge in [0.05, 0.1) is 4.34 Å². The minimum Gasteiger partial charge on any atom is -0.398 e. The van der Waals surface area contributed by atoms with Crippen molar-refractivity contribution in [2.24, 2.45) is 0 Å². The van der Waals surface area contributed by atoms with Gasteiger partial charge in [-0.1, -0.05) is 17.7 Å². The maximum Gasteiger partial charge on any atom is 0.0978 e. The van der Waals surface area contributed by atoms with Gasteiger partial charge in [-0.15, -0.1) is 11.3 Å². The van der Waals surface area contributed by atoms with Crippen molar-refractivity contribution in [3.8, 4) is 0 Å². The third kappa shape index (κ3) is 2.08. The standard InChI is InChI=1S/C14H15ClN2S/c15-14-10(6-8-18-14)9-17-7-2-3-11-12(16)4-1-5-13(11)17/h1,4-6,8H,2-3,7,9,16H2. The predicted molar refractivity (Wildman–Crippen MR) is 79.6 cm³/mol. The summed E-state index contributed by atoms with van der Waals surface area (Å²) >= 11 is 7.78.